The summed E-state index contributed by atoms with van der Waals surface area (Å²) >= 11 is 0. The number of hydrogen-bond acceptors (Lipinski definition) is 1. The third kappa shape index (κ3) is 2.63. The van der Waals surface area contributed by atoms with Crippen LogP contribution in [0.1, 0.15) is 13.3 Å². The van der Waals surface area contributed by atoms with E-state index in [9.17, 15) is 70.2 Å². The molecule has 17 heteroatoms. The lowest BCUT2D eigenvalue weighted by Crippen LogP contribution is -2.66. The second-order valence-electron chi connectivity index (χ2n) is 5.34. The van der Waals surface area contributed by atoms with E-state index < -0.39 is 64.8 Å². The third-order valence-corrected chi connectivity index (χ3v) is 3.64. The fourth-order valence-corrected chi connectivity index (χ4v) is 2.07. The molecule has 0 unspecified atom stereocenters. The quantitative estimate of drug-likeness (QED) is 0.355. The SMILES string of the molecule is CCC(=C(F)N1C(F)(F)C(F)(F)C(F)(F)C(F)(F)C(F)(F)C1(F)F)C(F)(F)F. The molecule has 0 aliphatic carbocycles. The van der Waals surface area contributed by atoms with Crippen molar-refractivity contribution in [2.45, 2.75) is 55.3 Å². The Morgan fingerprint density at radius 3 is 1.14 bits per heavy atom. The zero-order chi connectivity index (χ0) is 22.9. The van der Waals surface area contributed by atoms with Crippen molar-refractivity contribution < 1.29 is 70.2 Å². The molecule has 0 aromatic heterocycles. The van der Waals surface area contributed by atoms with Crippen molar-refractivity contribution >= 4 is 0 Å². The topological polar surface area (TPSA) is 3.24 Å². The van der Waals surface area contributed by atoms with Gasteiger partial charge in [0.2, 0.25) is 5.95 Å². The summed E-state index contributed by atoms with van der Waals surface area (Å²) in [5.74, 6) is -35.9. The van der Waals surface area contributed by atoms with Crippen LogP contribution < -0.4 is 0 Å². The van der Waals surface area contributed by atoms with Gasteiger partial charge in [0.05, 0.1) is 5.57 Å². The predicted octanol–water partition coefficient (Wildman–Crippen LogP) is 6.18. The van der Waals surface area contributed by atoms with Crippen LogP contribution in [0.2, 0.25) is 0 Å². The van der Waals surface area contributed by atoms with Crippen LogP contribution in [0, 0.1) is 0 Å². The van der Waals surface area contributed by atoms with E-state index in [0.29, 0.717) is 0 Å². The zero-order valence-electron chi connectivity index (χ0n) is 12.7. The van der Waals surface area contributed by atoms with Crippen molar-refractivity contribution in [3.05, 3.63) is 11.5 Å². The molecular formula is C11H5F16N. The van der Waals surface area contributed by atoms with Crippen LogP contribution >= 0.6 is 0 Å². The van der Waals surface area contributed by atoms with Gasteiger partial charge in [-0.05, 0) is 6.42 Å². The smallest absolute Gasteiger partial charge is 0.217 e. The maximum Gasteiger partial charge on any atom is 0.416 e. The molecule has 1 aliphatic rings. The molecule has 1 aliphatic heterocycles. The van der Waals surface area contributed by atoms with Gasteiger partial charge in [-0.1, -0.05) is 6.92 Å². The van der Waals surface area contributed by atoms with Gasteiger partial charge in [-0.25, -0.2) is 4.90 Å². The summed E-state index contributed by atoms with van der Waals surface area (Å²) in [6, 6.07) is -15.3. The number of alkyl halides is 15. The second-order valence-corrected chi connectivity index (χ2v) is 5.34. The van der Waals surface area contributed by atoms with Crippen LogP contribution in [0.15, 0.2) is 11.5 Å². The lowest BCUT2D eigenvalue weighted by Gasteiger charge is -2.39. The van der Waals surface area contributed by atoms with Gasteiger partial charge >= 0.3 is 42.0 Å². The Hall–Kier alpha value is -1.58. The minimum Gasteiger partial charge on any atom is -0.217 e. The van der Waals surface area contributed by atoms with E-state index in [0.717, 1.165) is 0 Å². The van der Waals surface area contributed by atoms with Crippen LogP contribution in [-0.2, 0) is 0 Å². The van der Waals surface area contributed by atoms with E-state index in [-0.39, 0.29) is 6.92 Å². The van der Waals surface area contributed by atoms with E-state index in [4.69, 9.17) is 0 Å². The van der Waals surface area contributed by atoms with Gasteiger partial charge in [0.1, 0.15) is 0 Å². The molecule has 1 rings (SSSR count). The molecule has 1 nitrogen and oxygen atoms in total. The highest BCUT2D eigenvalue weighted by atomic mass is 19.4. The van der Waals surface area contributed by atoms with Gasteiger partial charge in [0.25, 0.3) is 0 Å². The molecule has 0 amide bonds. The van der Waals surface area contributed by atoms with Crippen LogP contribution in [0.3, 0.4) is 0 Å². The number of likely N-dealkylation sites (tertiary alicyclic amines) is 1. The Bertz CT molecular complexity index is 618. The maximum absolute atomic E-state index is 13.8. The summed E-state index contributed by atoms with van der Waals surface area (Å²) in [6.45, 7) is 0.204. The minimum atomic E-state index is -7.95. The van der Waals surface area contributed by atoms with E-state index in [1.807, 2.05) is 0 Å². The monoisotopic (exact) mass is 455 g/mol. The van der Waals surface area contributed by atoms with Gasteiger partial charge in [-0.3, -0.25) is 0 Å². The molecule has 0 bridgehead atoms. The summed E-state index contributed by atoms with van der Waals surface area (Å²) in [5.41, 5.74) is -3.20. The van der Waals surface area contributed by atoms with Crippen molar-refractivity contribution in [3.63, 3.8) is 0 Å². The molecule has 0 saturated carbocycles. The van der Waals surface area contributed by atoms with E-state index in [1.165, 1.54) is 0 Å². The molecular weight excluding hydrogens is 450 g/mol. The lowest BCUT2D eigenvalue weighted by molar-refractivity contribution is -0.397. The summed E-state index contributed by atoms with van der Waals surface area (Å²) in [7, 11) is 0. The number of rotatable bonds is 2. The first-order chi connectivity index (χ1) is 12.0. The van der Waals surface area contributed by atoms with Crippen molar-refractivity contribution in [1.82, 2.24) is 4.90 Å². The Balaban J connectivity index is 4.15. The van der Waals surface area contributed by atoms with Gasteiger partial charge in [-0.15, -0.1) is 0 Å². The van der Waals surface area contributed by atoms with Gasteiger partial charge < -0.3 is 0 Å². The van der Waals surface area contributed by atoms with Gasteiger partial charge in [0, 0.05) is 0 Å². The first kappa shape index (κ1) is 24.5. The molecule has 0 radical (unpaired) electrons. The summed E-state index contributed by atoms with van der Waals surface area (Å²) in [4.78, 5) is -3.68. The highest BCUT2D eigenvalue weighted by molar-refractivity contribution is 5.23. The molecule has 1 saturated heterocycles. The average Bonchev–Trinajstić information content (AvgIpc) is 2.44. The average molecular weight is 455 g/mol. The normalized spacial score (nSPS) is 28.4. The molecule has 28 heavy (non-hydrogen) atoms. The summed E-state index contributed by atoms with van der Waals surface area (Å²) < 4.78 is 212. The number of nitrogens with zero attached hydrogens (tertiary/aromatic N) is 1. The summed E-state index contributed by atoms with van der Waals surface area (Å²) in [5, 5.41) is 0. The molecule has 1 heterocycles. The second kappa shape index (κ2) is 5.96. The molecule has 0 aromatic carbocycles. The summed E-state index contributed by atoms with van der Waals surface area (Å²) in [6.07, 6.45) is -8.16. The van der Waals surface area contributed by atoms with Crippen molar-refractivity contribution in [2.75, 3.05) is 0 Å². The molecule has 0 atom stereocenters. The van der Waals surface area contributed by atoms with E-state index in [1.54, 1.807) is 0 Å². The van der Waals surface area contributed by atoms with Gasteiger partial charge in [-0.2, -0.15) is 70.2 Å². The van der Waals surface area contributed by atoms with Crippen molar-refractivity contribution in [3.8, 4) is 0 Å². The van der Waals surface area contributed by atoms with Crippen LogP contribution in [0.4, 0.5) is 70.2 Å². The highest BCUT2D eigenvalue weighted by Gasteiger charge is 2.97. The zero-order valence-corrected chi connectivity index (χ0v) is 12.7. The van der Waals surface area contributed by atoms with Crippen LogP contribution in [0.5, 0.6) is 0 Å². The number of halogens is 16. The highest BCUT2D eigenvalue weighted by Crippen LogP contribution is 2.66. The fraction of sp³-hybridized carbons (Fsp3) is 0.818. The van der Waals surface area contributed by atoms with E-state index in [2.05, 4.69) is 0 Å². The predicted molar refractivity (Wildman–Crippen MR) is 56.0 cm³/mol. The fourth-order valence-electron chi connectivity index (χ4n) is 2.07. The van der Waals surface area contributed by atoms with Crippen LogP contribution in [0.25, 0.3) is 0 Å². The first-order valence-electron chi connectivity index (χ1n) is 6.51. The first-order valence-corrected chi connectivity index (χ1v) is 6.51. The molecule has 0 spiro atoms. The Kier molecular flexibility index (Phi) is 5.21. The van der Waals surface area contributed by atoms with Crippen molar-refractivity contribution in [2.24, 2.45) is 0 Å². The van der Waals surface area contributed by atoms with Crippen LogP contribution in [-0.4, -0.2) is 46.9 Å². The standard InChI is InChI=1S/C11H5F16N/c1-2-3(5(13,14)15)4(12)28-10(24,25)8(20,21)6(16,17)7(18,19)9(22,23)11(28,26)27/h2H2,1H3. The van der Waals surface area contributed by atoms with Crippen molar-refractivity contribution in [1.29, 1.82) is 0 Å². The Labute approximate surface area is 143 Å². The van der Waals surface area contributed by atoms with Gasteiger partial charge in [0.15, 0.2) is 0 Å². The Morgan fingerprint density at radius 2 is 0.929 bits per heavy atom. The molecule has 166 valence electrons. The molecule has 0 aromatic rings. The van der Waals surface area contributed by atoms with E-state index >= 15 is 0 Å². The third-order valence-electron chi connectivity index (χ3n) is 3.64. The Morgan fingerprint density at radius 1 is 0.643 bits per heavy atom. The largest absolute Gasteiger partial charge is 0.416 e. The molecule has 1 fully saturated rings. The minimum absolute atomic E-state index is 0.204. The number of allylic oxidation sites excluding steroid dienone is 1. The number of hydrogen-bond donors (Lipinski definition) is 0. The maximum atomic E-state index is 13.8. The molecule has 0 N–H and O–H groups in total. The lowest BCUT2D eigenvalue weighted by atomic mass is 9.99.